The van der Waals surface area contributed by atoms with Crippen LogP contribution in [0.2, 0.25) is 0 Å². The molecule has 5 heteroatoms. The van der Waals surface area contributed by atoms with Crippen LogP contribution in [0.25, 0.3) is 0 Å². The van der Waals surface area contributed by atoms with Crippen molar-refractivity contribution in [3.63, 3.8) is 0 Å². The number of methoxy groups -OCH3 is 1. The number of rotatable bonds is 4. The molecule has 0 spiro atoms. The van der Waals surface area contributed by atoms with Crippen LogP contribution in [0.1, 0.15) is 20.8 Å². The molecule has 94 valence electrons. The normalized spacial score (nSPS) is 11.1. The van der Waals surface area contributed by atoms with E-state index in [2.05, 4.69) is 26.1 Å². The second-order valence-electron chi connectivity index (χ2n) is 5.03. The summed E-state index contributed by atoms with van der Waals surface area (Å²) < 4.78 is 5.00. The Morgan fingerprint density at radius 1 is 1.41 bits per heavy atom. The number of hydrogen-bond donors (Lipinski definition) is 1. The smallest absolute Gasteiger partial charge is 0.333 e. The van der Waals surface area contributed by atoms with Gasteiger partial charge in [-0.2, -0.15) is 0 Å². The summed E-state index contributed by atoms with van der Waals surface area (Å²) in [6, 6.07) is 5.00. The summed E-state index contributed by atoms with van der Waals surface area (Å²) in [5.74, 6) is 0.272. The van der Waals surface area contributed by atoms with E-state index in [0.717, 1.165) is 0 Å². The molecule has 5 nitrogen and oxygen atoms in total. The van der Waals surface area contributed by atoms with Gasteiger partial charge < -0.3 is 10.1 Å². The largest absolute Gasteiger partial charge is 0.490 e. The maximum atomic E-state index is 11.0. The lowest BCUT2D eigenvalue weighted by Crippen LogP contribution is -2.19. The van der Waals surface area contributed by atoms with Gasteiger partial charge in [-0.1, -0.05) is 26.8 Å². The quantitative estimate of drug-likeness (QED) is 0.646. The third-order valence-electron chi connectivity index (χ3n) is 2.21. The molecular weight excluding hydrogens is 220 g/mol. The number of para-hydroxylation sites is 1. The molecular formula is C12H18N2O3. The number of nitrogens with zero attached hydrogens (tertiary/aromatic N) is 1. The zero-order valence-electron chi connectivity index (χ0n) is 10.6. The van der Waals surface area contributed by atoms with Gasteiger partial charge in [0.05, 0.1) is 12.0 Å². The molecule has 0 amide bonds. The lowest BCUT2D eigenvalue weighted by atomic mass is 9.97. The van der Waals surface area contributed by atoms with Crippen LogP contribution in [-0.4, -0.2) is 18.6 Å². The molecule has 1 rings (SSSR count). The summed E-state index contributed by atoms with van der Waals surface area (Å²) in [6.07, 6.45) is 0. The number of nitrogens with one attached hydrogen (secondary N) is 1. The van der Waals surface area contributed by atoms with E-state index in [9.17, 15) is 10.1 Å². The molecule has 0 heterocycles. The van der Waals surface area contributed by atoms with Gasteiger partial charge in [-0.15, -0.1) is 0 Å². The SMILES string of the molecule is COc1cccc(NCC(C)(C)C)c1[N+](=O)[O-]. The van der Waals surface area contributed by atoms with E-state index in [4.69, 9.17) is 4.74 Å². The van der Waals surface area contributed by atoms with Crippen molar-refractivity contribution >= 4 is 11.4 Å². The second-order valence-corrected chi connectivity index (χ2v) is 5.03. The van der Waals surface area contributed by atoms with Gasteiger partial charge in [0.25, 0.3) is 0 Å². The maximum absolute atomic E-state index is 11.0. The Morgan fingerprint density at radius 2 is 2.06 bits per heavy atom. The fraction of sp³-hybridized carbons (Fsp3) is 0.500. The predicted molar refractivity (Wildman–Crippen MR) is 67.6 cm³/mol. The van der Waals surface area contributed by atoms with E-state index in [1.165, 1.54) is 7.11 Å². The van der Waals surface area contributed by atoms with Gasteiger partial charge in [0.15, 0.2) is 5.75 Å². The van der Waals surface area contributed by atoms with Gasteiger partial charge in [0.1, 0.15) is 5.69 Å². The average Bonchev–Trinajstić information content (AvgIpc) is 2.24. The first-order valence-electron chi connectivity index (χ1n) is 5.40. The third kappa shape index (κ3) is 3.62. The van der Waals surface area contributed by atoms with Gasteiger partial charge in [-0.25, -0.2) is 0 Å². The molecule has 0 aromatic heterocycles. The van der Waals surface area contributed by atoms with E-state index in [0.29, 0.717) is 12.2 Å². The van der Waals surface area contributed by atoms with Gasteiger partial charge in [0, 0.05) is 6.54 Å². The number of nitro benzene ring substituents is 1. The molecule has 0 aliphatic heterocycles. The summed E-state index contributed by atoms with van der Waals surface area (Å²) in [5, 5.41) is 14.1. The van der Waals surface area contributed by atoms with Crippen LogP contribution in [0.15, 0.2) is 18.2 Å². The molecule has 0 saturated heterocycles. The van der Waals surface area contributed by atoms with Crippen LogP contribution >= 0.6 is 0 Å². The molecule has 17 heavy (non-hydrogen) atoms. The highest BCUT2D eigenvalue weighted by Crippen LogP contribution is 2.34. The van der Waals surface area contributed by atoms with Crippen molar-refractivity contribution in [2.45, 2.75) is 20.8 Å². The first-order chi connectivity index (χ1) is 7.85. The number of hydrogen-bond acceptors (Lipinski definition) is 4. The Kier molecular flexibility index (Phi) is 3.93. The fourth-order valence-corrected chi connectivity index (χ4v) is 1.38. The van der Waals surface area contributed by atoms with Gasteiger partial charge >= 0.3 is 5.69 Å². The zero-order valence-corrected chi connectivity index (χ0v) is 10.6. The standard InChI is InChI=1S/C12H18N2O3/c1-12(2,3)8-13-9-6-5-7-10(17-4)11(9)14(15)16/h5-7,13H,8H2,1-4H3. The average molecular weight is 238 g/mol. The Morgan fingerprint density at radius 3 is 2.53 bits per heavy atom. The number of anilines is 1. The Hall–Kier alpha value is -1.78. The Labute approximate surface area is 101 Å². The minimum Gasteiger partial charge on any atom is -0.490 e. The van der Waals surface area contributed by atoms with E-state index in [-0.39, 0.29) is 16.9 Å². The lowest BCUT2D eigenvalue weighted by Gasteiger charge is -2.19. The number of nitro groups is 1. The van der Waals surface area contributed by atoms with Crippen LogP contribution in [-0.2, 0) is 0 Å². The monoisotopic (exact) mass is 238 g/mol. The van der Waals surface area contributed by atoms with Gasteiger partial charge in [-0.3, -0.25) is 10.1 Å². The minimum absolute atomic E-state index is 0.0146. The van der Waals surface area contributed by atoms with Crippen molar-refractivity contribution in [2.75, 3.05) is 19.0 Å². The molecule has 0 unspecified atom stereocenters. The molecule has 0 aliphatic rings. The fourth-order valence-electron chi connectivity index (χ4n) is 1.38. The van der Waals surface area contributed by atoms with Crippen molar-refractivity contribution in [1.29, 1.82) is 0 Å². The summed E-state index contributed by atoms with van der Waals surface area (Å²) in [4.78, 5) is 10.6. The second kappa shape index (κ2) is 5.03. The van der Waals surface area contributed by atoms with E-state index in [1.807, 2.05) is 0 Å². The molecule has 0 aliphatic carbocycles. The maximum Gasteiger partial charge on any atom is 0.333 e. The highest BCUT2D eigenvalue weighted by atomic mass is 16.6. The molecule has 0 bridgehead atoms. The third-order valence-corrected chi connectivity index (χ3v) is 2.21. The predicted octanol–water partition coefficient (Wildman–Crippen LogP) is 3.06. The molecule has 0 atom stereocenters. The molecule has 0 saturated carbocycles. The molecule has 1 N–H and O–H groups in total. The van der Waals surface area contributed by atoms with Crippen molar-refractivity contribution < 1.29 is 9.66 Å². The number of benzene rings is 1. The van der Waals surface area contributed by atoms with Gasteiger partial charge in [0.2, 0.25) is 0 Å². The summed E-state index contributed by atoms with van der Waals surface area (Å²) in [7, 11) is 1.43. The van der Waals surface area contributed by atoms with Crippen molar-refractivity contribution in [3.05, 3.63) is 28.3 Å². The Balaban J connectivity index is 3.02. The lowest BCUT2D eigenvalue weighted by molar-refractivity contribution is -0.384. The molecule has 1 aromatic carbocycles. The summed E-state index contributed by atoms with van der Waals surface area (Å²) in [5.41, 5.74) is 0.528. The minimum atomic E-state index is -0.427. The van der Waals surface area contributed by atoms with Crippen LogP contribution in [0.5, 0.6) is 5.75 Å². The van der Waals surface area contributed by atoms with Crippen LogP contribution in [0.4, 0.5) is 11.4 Å². The Bertz CT molecular complexity index is 411. The molecule has 1 aromatic rings. The van der Waals surface area contributed by atoms with E-state index in [1.54, 1.807) is 18.2 Å². The van der Waals surface area contributed by atoms with Crippen LogP contribution in [0.3, 0.4) is 0 Å². The van der Waals surface area contributed by atoms with Crippen LogP contribution in [0, 0.1) is 15.5 Å². The van der Waals surface area contributed by atoms with Crippen molar-refractivity contribution in [2.24, 2.45) is 5.41 Å². The van der Waals surface area contributed by atoms with Crippen molar-refractivity contribution in [1.82, 2.24) is 0 Å². The highest BCUT2D eigenvalue weighted by molar-refractivity contribution is 5.68. The number of ether oxygens (including phenoxy) is 1. The van der Waals surface area contributed by atoms with E-state index >= 15 is 0 Å². The first kappa shape index (κ1) is 13.3. The van der Waals surface area contributed by atoms with Crippen molar-refractivity contribution in [3.8, 4) is 5.75 Å². The first-order valence-corrected chi connectivity index (χ1v) is 5.40. The van der Waals surface area contributed by atoms with Gasteiger partial charge in [-0.05, 0) is 17.5 Å². The topological polar surface area (TPSA) is 64.4 Å². The summed E-state index contributed by atoms with van der Waals surface area (Å²) >= 11 is 0. The van der Waals surface area contributed by atoms with E-state index < -0.39 is 4.92 Å². The summed E-state index contributed by atoms with van der Waals surface area (Å²) in [6.45, 7) is 6.84. The molecule has 0 radical (unpaired) electrons. The highest BCUT2D eigenvalue weighted by Gasteiger charge is 2.21. The molecule has 0 fully saturated rings. The zero-order chi connectivity index (χ0) is 13.1. The van der Waals surface area contributed by atoms with Crippen LogP contribution < -0.4 is 10.1 Å².